The van der Waals surface area contributed by atoms with Crippen LogP contribution in [0.15, 0.2) is 27.4 Å². The first-order valence-electron chi connectivity index (χ1n) is 6.54. The highest BCUT2D eigenvalue weighted by Gasteiger charge is 2.12. The van der Waals surface area contributed by atoms with Gasteiger partial charge in [0.1, 0.15) is 18.7 Å². The molecule has 1 heterocycles. The Morgan fingerprint density at radius 3 is 2.48 bits per heavy atom. The molecule has 0 spiro atoms. The van der Waals surface area contributed by atoms with Crippen molar-refractivity contribution in [2.45, 2.75) is 32.3 Å². The van der Waals surface area contributed by atoms with Crippen molar-refractivity contribution in [1.82, 2.24) is 14.8 Å². The van der Waals surface area contributed by atoms with E-state index in [2.05, 4.69) is 71.7 Å². The summed E-state index contributed by atoms with van der Waals surface area (Å²) in [4.78, 5) is 4.27. The topological polar surface area (TPSA) is 39.9 Å². The minimum absolute atomic E-state index is 0.386. The molecule has 2 aromatic rings. The number of hydrogen-bond acceptors (Lipinski definition) is 3. The Kier molecular flexibility index (Phi) is 6.25. The van der Waals surface area contributed by atoms with Crippen LogP contribution in [0.25, 0.3) is 0 Å². The van der Waals surface area contributed by atoms with Crippen LogP contribution in [0.1, 0.15) is 25.2 Å². The van der Waals surface area contributed by atoms with Gasteiger partial charge in [0, 0.05) is 11.9 Å². The zero-order valence-corrected chi connectivity index (χ0v) is 16.6. The van der Waals surface area contributed by atoms with E-state index >= 15 is 0 Å². The van der Waals surface area contributed by atoms with Crippen molar-refractivity contribution < 1.29 is 4.74 Å². The standard InChI is InChI=1S/C14H16Br3N3O/c1-9(2)6-20-13(18-8-19-20)7-21-14-11(16)3-10(5-15)4-12(14)17/h3-4,8-9H,5-7H2,1-2H3. The third-order valence-corrected chi connectivity index (χ3v) is 4.62. The van der Waals surface area contributed by atoms with Crippen molar-refractivity contribution in [2.24, 2.45) is 5.92 Å². The Labute approximate surface area is 149 Å². The molecule has 0 aliphatic rings. The van der Waals surface area contributed by atoms with E-state index in [1.165, 1.54) is 5.56 Å². The van der Waals surface area contributed by atoms with E-state index in [-0.39, 0.29) is 0 Å². The number of ether oxygens (including phenoxy) is 1. The minimum atomic E-state index is 0.386. The van der Waals surface area contributed by atoms with E-state index in [1.54, 1.807) is 6.33 Å². The van der Waals surface area contributed by atoms with Crippen molar-refractivity contribution >= 4 is 47.8 Å². The quantitative estimate of drug-likeness (QED) is 0.549. The average Bonchev–Trinajstić information content (AvgIpc) is 2.84. The van der Waals surface area contributed by atoms with E-state index in [0.717, 1.165) is 32.4 Å². The highest BCUT2D eigenvalue weighted by atomic mass is 79.9. The first kappa shape index (κ1) is 17.0. The molecule has 0 N–H and O–H groups in total. The summed E-state index contributed by atoms with van der Waals surface area (Å²) in [5.74, 6) is 2.12. The molecule has 0 saturated heterocycles. The predicted molar refractivity (Wildman–Crippen MR) is 93.7 cm³/mol. The second-order valence-corrected chi connectivity index (χ2v) is 7.33. The molecule has 7 heteroatoms. The van der Waals surface area contributed by atoms with Gasteiger partial charge in [-0.3, -0.25) is 0 Å². The fraction of sp³-hybridized carbons (Fsp3) is 0.429. The summed E-state index contributed by atoms with van der Waals surface area (Å²) in [5, 5.41) is 5.04. The molecular weight excluding hydrogens is 466 g/mol. The van der Waals surface area contributed by atoms with E-state index in [9.17, 15) is 0 Å². The van der Waals surface area contributed by atoms with Gasteiger partial charge in [-0.15, -0.1) is 0 Å². The van der Waals surface area contributed by atoms with Crippen LogP contribution in [-0.2, 0) is 18.5 Å². The largest absolute Gasteiger partial charge is 0.483 e. The van der Waals surface area contributed by atoms with Gasteiger partial charge >= 0.3 is 0 Å². The number of aromatic nitrogens is 3. The molecule has 0 saturated carbocycles. The third kappa shape index (κ3) is 4.53. The van der Waals surface area contributed by atoms with E-state index in [4.69, 9.17) is 4.74 Å². The van der Waals surface area contributed by atoms with Crippen LogP contribution in [0.3, 0.4) is 0 Å². The zero-order valence-electron chi connectivity index (χ0n) is 11.8. The lowest BCUT2D eigenvalue weighted by atomic mass is 10.2. The molecule has 4 nitrogen and oxygen atoms in total. The molecule has 1 aromatic heterocycles. The maximum atomic E-state index is 5.90. The first-order chi connectivity index (χ1) is 10.0. The molecule has 0 amide bonds. The number of halogens is 3. The molecule has 0 aliphatic carbocycles. The van der Waals surface area contributed by atoms with Gasteiger partial charge in [0.15, 0.2) is 5.82 Å². The molecule has 21 heavy (non-hydrogen) atoms. The lowest BCUT2D eigenvalue weighted by Crippen LogP contribution is -2.12. The predicted octanol–water partition coefficient (Wildman–Crippen LogP) is 4.93. The van der Waals surface area contributed by atoms with Crippen molar-refractivity contribution in [3.05, 3.63) is 38.8 Å². The molecule has 0 atom stereocenters. The lowest BCUT2D eigenvalue weighted by Gasteiger charge is -2.13. The molecular formula is C14H16Br3N3O. The fourth-order valence-corrected chi connectivity index (χ4v) is 3.70. The van der Waals surface area contributed by atoms with E-state index < -0.39 is 0 Å². The maximum Gasteiger partial charge on any atom is 0.164 e. The Balaban J connectivity index is 2.12. The monoisotopic (exact) mass is 479 g/mol. The molecule has 2 rings (SSSR count). The molecule has 114 valence electrons. The molecule has 0 aliphatic heterocycles. The molecule has 0 unspecified atom stereocenters. The average molecular weight is 482 g/mol. The molecule has 1 aromatic carbocycles. The Morgan fingerprint density at radius 1 is 1.24 bits per heavy atom. The number of alkyl halides is 1. The second-order valence-electron chi connectivity index (χ2n) is 5.06. The van der Waals surface area contributed by atoms with Crippen LogP contribution in [0.5, 0.6) is 5.75 Å². The van der Waals surface area contributed by atoms with Gasteiger partial charge in [-0.2, -0.15) is 5.10 Å². The Bertz CT molecular complexity index is 590. The van der Waals surface area contributed by atoms with Gasteiger partial charge in [-0.25, -0.2) is 9.67 Å². The SMILES string of the molecule is CC(C)Cn1ncnc1COc1c(Br)cc(CBr)cc1Br. The highest BCUT2D eigenvalue weighted by Crippen LogP contribution is 2.35. The zero-order chi connectivity index (χ0) is 15.4. The van der Waals surface area contributed by atoms with Gasteiger partial charge in [-0.1, -0.05) is 29.8 Å². The summed E-state index contributed by atoms with van der Waals surface area (Å²) in [7, 11) is 0. The fourth-order valence-electron chi connectivity index (χ4n) is 1.86. The van der Waals surface area contributed by atoms with E-state index in [1.807, 2.05) is 16.8 Å². The second kappa shape index (κ2) is 7.74. The van der Waals surface area contributed by atoms with Crippen LogP contribution >= 0.6 is 47.8 Å². The summed E-state index contributed by atoms with van der Waals surface area (Å²) in [6, 6.07) is 4.07. The van der Waals surface area contributed by atoms with Crippen LogP contribution < -0.4 is 4.74 Å². The van der Waals surface area contributed by atoms with Crippen LogP contribution in [0.4, 0.5) is 0 Å². The Morgan fingerprint density at radius 2 is 1.90 bits per heavy atom. The minimum Gasteiger partial charge on any atom is -0.483 e. The number of rotatable bonds is 6. The highest BCUT2D eigenvalue weighted by molar-refractivity contribution is 9.11. The lowest BCUT2D eigenvalue weighted by molar-refractivity contribution is 0.279. The summed E-state index contributed by atoms with van der Waals surface area (Å²) in [6.45, 7) is 5.53. The smallest absolute Gasteiger partial charge is 0.164 e. The molecule has 0 fully saturated rings. The number of hydrogen-bond donors (Lipinski definition) is 0. The van der Waals surface area contributed by atoms with Crippen LogP contribution in [-0.4, -0.2) is 14.8 Å². The van der Waals surface area contributed by atoms with Gasteiger partial charge in [0.25, 0.3) is 0 Å². The van der Waals surface area contributed by atoms with Crippen molar-refractivity contribution in [2.75, 3.05) is 0 Å². The normalized spacial score (nSPS) is 11.1. The summed E-state index contributed by atoms with van der Waals surface area (Å²) in [6.07, 6.45) is 1.57. The molecule has 0 radical (unpaired) electrons. The van der Waals surface area contributed by atoms with Gasteiger partial charge in [0.05, 0.1) is 8.95 Å². The van der Waals surface area contributed by atoms with Gasteiger partial charge in [-0.05, 0) is 55.5 Å². The van der Waals surface area contributed by atoms with Gasteiger partial charge in [0.2, 0.25) is 0 Å². The third-order valence-electron chi connectivity index (χ3n) is 2.79. The first-order valence-corrected chi connectivity index (χ1v) is 9.25. The number of nitrogens with zero attached hydrogens (tertiary/aromatic N) is 3. The number of benzene rings is 1. The van der Waals surface area contributed by atoms with Crippen molar-refractivity contribution in [3.8, 4) is 5.75 Å². The van der Waals surface area contributed by atoms with Crippen molar-refractivity contribution in [1.29, 1.82) is 0 Å². The Hall–Kier alpha value is -0.400. The van der Waals surface area contributed by atoms with Gasteiger partial charge < -0.3 is 4.74 Å². The summed E-state index contributed by atoms with van der Waals surface area (Å²) in [5.41, 5.74) is 1.17. The van der Waals surface area contributed by atoms with Crippen LogP contribution in [0.2, 0.25) is 0 Å². The molecule has 0 bridgehead atoms. The van der Waals surface area contributed by atoms with Crippen molar-refractivity contribution in [3.63, 3.8) is 0 Å². The van der Waals surface area contributed by atoms with E-state index in [0.29, 0.717) is 12.5 Å². The van der Waals surface area contributed by atoms with Crippen LogP contribution in [0, 0.1) is 5.92 Å². The summed E-state index contributed by atoms with van der Waals surface area (Å²) < 4.78 is 9.63. The maximum absolute atomic E-state index is 5.90. The summed E-state index contributed by atoms with van der Waals surface area (Å²) >= 11 is 10.5.